The van der Waals surface area contributed by atoms with E-state index in [2.05, 4.69) is 15.1 Å². The lowest BCUT2D eigenvalue weighted by Gasteiger charge is -2.23. The number of nitrogens with zero attached hydrogens (tertiary/aromatic N) is 7. The average Bonchev–Trinajstić information content (AvgIpc) is 2.67. The van der Waals surface area contributed by atoms with Crippen molar-refractivity contribution in [2.45, 2.75) is 25.0 Å². The highest BCUT2D eigenvalue weighted by molar-refractivity contribution is 5.57. The molecule has 1 aliphatic heterocycles. The number of hydrogen-bond acceptors (Lipinski definition) is 6. The van der Waals surface area contributed by atoms with Gasteiger partial charge in [0.1, 0.15) is 6.20 Å². The summed E-state index contributed by atoms with van der Waals surface area (Å²) < 4.78 is 1.42. The van der Waals surface area contributed by atoms with Crippen molar-refractivity contribution >= 4 is 11.5 Å². The molecule has 1 N–H and O–H groups in total. The fourth-order valence-corrected chi connectivity index (χ4v) is 2.44. The molecule has 0 saturated carbocycles. The van der Waals surface area contributed by atoms with Gasteiger partial charge in [-0.05, 0) is 18.4 Å². The normalized spacial score (nSPS) is 23.0. The lowest BCUT2D eigenvalue weighted by molar-refractivity contribution is -0.384. The molecule has 2 atom stereocenters. The second-order valence-corrected chi connectivity index (χ2v) is 4.72. The Kier molecular flexibility index (Phi) is 4.06. The zero-order chi connectivity index (χ0) is 14.7. The molecule has 0 bridgehead atoms. The molecule has 108 valence electrons. The van der Waals surface area contributed by atoms with Crippen LogP contribution in [0.3, 0.4) is 0 Å². The van der Waals surface area contributed by atoms with Crippen molar-refractivity contribution in [3.8, 4) is 0 Å². The number of aliphatic hydroxyl groups is 1. The Labute approximate surface area is 114 Å². The quantitative estimate of drug-likeness (QED) is 0.289. The summed E-state index contributed by atoms with van der Waals surface area (Å²) in [7, 11) is 1.62. The highest BCUT2D eigenvalue weighted by atomic mass is 16.6. The van der Waals surface area contributed by atoms with Gasteiger partial charge in [0.15, 0.2) is 0 Å². The summed E-state index contributed by atoms with van der Waals surface area (Å²) in [6.45, 7) is 0.707. The van der Waals surface area contributed by atoms with Crippen molar-refractivity contribution in [1.29, 1.82) is 0 Å². The standard InChI is InChI=1S/C10H15N7O3/c1-15-10(9(5-12-15)17(19)20)16-3-2-7(13-14-11)4-8(18)6-16/h5,7-8,18H,2-4,6H2,1H3/t7-,8-/m0/s1. The molecule has 0 aromatic carbocycles. The van der Waals surface area contributed by atoms with Crippen LogP contribution in [0, 0.1) is 10.1 Å². The first-order valence-corrected chi connectivity index (χ1v) is 6.16. The number of aromatic nitrogens is 2. The highest BCUT2D eigenvalue weighted by Gasteiger charge is 2.29. The van der Waals surface area contributed by atoms with Crippen LogP contribution in [0.2, 0.25) is 0 Å². The molecular weight excluding hydrogens is 266 g/mol. The van der Waals surface area contributed by atoms with Crippen molar-refractivity contribution in [3.63, 3.8) is 0 Å². The van der Waals surface area contributed by atoms with Crippen molar-refractivity contribution in [2.75, 3.05) is 18.0 Å². The zero-order valence-electron chi connectivity index (χ0n) is 11.0. The maximum atomic E-state index is 11.0. The van der Waals surface area contributed by atoms with Gasteiger partial charge in [-0.2, -0.15) is 5.10 Å². The molecule has 0 radical (unpaired) electrons. The van der Waals surface area contributed by atoms with E-state index >= 15 is 0 Å². The van der Waals surface area contributed by atoms with E-state index in [4.69, 9.17) is 5.53 Å². The number of nitro groups is 1. The van der Waals surface area contributed by atoms with Crippen LogP contribution in [0.4, 0.5) is 11.5 Å². The van der Waals surface area contributed by atoms with E-state index in [-0.39, 0.29) is 18.3 Å². The summed E-state index contributed by atoms with van der Waals surface area (Å²) in [4.78, 5) is 15.0. The maximum absolute atomic E-state index is 11.0. The molecule has 1 aromatic heterocycles. The van der Waals surface area contributed by atoms with Crippen LogP contribution in [0.25, 0.3) is 10.4 Å². The summed E-state index contributed by atoms with van der Waals surface area (Å²) in [5.74, 6) is 0.357. The summed E-state index contributed by atoms with van der Waals surface area (Å²) in [5, 5.41) is 28.5. The van der Waals surface area contributed by atoms with Crippen molar-refractivity contribution in [2.24, 2.45) is 12.2 Å². The Morgan fingerprint density at radius 1 is 1.70 bits per heavy atom. The van der Waals surface area contributed by atoms with E-state index in [1.165, 1.54) is 10.9 Å². The largest absolute Gasteiger partial charge is 0.391 e. The number of rotatable bonds is 3. The minimum absolute atomic E-state index is 0.0954. The third kappa shape index (κ3) is 2.81. The van der Waals surface area contributed by atoms with Gasteiger partial charge in [0.2, 0.25) is 5.82 Å². The molecule has 0 aliphatic carbocycles. The van der Waals surface area contributed by atoms with Crippen LogP contribution >= 0.6 is 0 Å². The summed E-state index contributed by atoms with van der Waals surface area (Å²) >= 11 is 0. The second kappa shape index (κ2) is 5.76. The highest BCUT2D eigenvalue weighted by Crippen LogP contribution is 2.29. The summed E-state index contributed by atoms with van der Waals surface area (Å²) in [5.41, 5.74) is 8.37. The van der Waals surface area contributed by atoms with Gasteiger partial charge >= 0.3 is 5.69 Å². The van der Waals surface area contributed by atoms with Gasteiger partial charge in [-0.3, -0.25) is 10.1 Å². The lowest BCUT2D eigenvalue weighted by atomic mass is 10.1. The van der Waals surface area contributed by atoms with E-state index in [9.17, 15) is 15.2 Å². The summed E-state index contributed by atoms with van der Waals surface area (Å²) in [6, 6.07) is -0.299. The number of β-amino-alcohol motifs (C(OH)–C–C–N with tert-alkyl or cyclic N) is 1. The van der Waals surface area contributed by atoms with E-state index in [1.54, 1.807) is 11.9 Å². The van der Waals surface area contributed by atoms with Gasteiger partial charge in [-0.15, -0.1) is 0 Å². The molecule has 1 saturated heterocycles. The Morgan fingerprint density at radius 2 is 2.45 bits per heavy atom. The first kappa shape index (κ1) is 14.1. The molecule has 2 rings (SSSR count). The average molecular weight is 281 g/mol. The van der Waals surface area contributed by atoms with Crippen molar-refractivity contribution in [3.05, 3.63) is 26.8 Å². The minimum atomic E-state index is -0.706. The summed E-state index contributed by atoms with van der Waals surface area (Å²) in [6.07, 6.45) is 1.37. The van der Waals surface area contributed by atoms with Gasteiger partial charge in [-0.25, -0.2) is 4.68 Å². The number of hydrogen-bond donors (Lipinski definition) is 1. The van der Waals surface area contributed by atoms with E-state index < -0.39 is 11.0 Å². The topological polar surface area (TPSA) is 133 Å². The predicted molar refractivity (Wildman–Crippen MR) is 70.3 cm³/mol. The predicted octanol–water partition coefficient (Wildman–Crippen LogP) is 0.968. The Hall–Kier alpha value is -2.32. The van der Waals surface area contributed by atoms with E-state index in [0.717, 1.165) is 0 Å². The molecule has 2 heterocycles. The van der Waals surface area contributed by atoms with Gasteiger partial charge in [0.05, 0.1) is 11.0 Å². The lowest BCUT2D eigenvalue weighted by Crippen LogP contribution is -2.32. The van der Waals surface area contributed by atoms with Gasteiger partial charge < -0.3 is 10.0 Å². The third-order valence-corrected chi connectivity index (χ3v) is 3.31. The second-order valence-electron chi connectivity index (χ2n) is 4.72. The van der Waals surface area contributed by atoms with Crippen LogP contribution in [0.1, 0.15) is 12.8 Å². The van der Waals surface area contributed by atoms with E-state index in [1.807, 2.05) is 0 Å². The SMILES string of the molecule is Cn1ncc([N+](=O)[O-])c1N1CC[C@H](N=[N+]=[N-])C[C@H](O)C1. The molecule has 0 amide bonds. The minimum Gasteiger partial charge on any atom is -0.391 e. The first-order chi connectivity index (χ1) is 9.52. The fourth-order valence-electron chi connectivity index (χ4n) is 2.44. The van der Waals surface area contributed by atoms with Crippen LogP contribution in [-0.2, 0) is 7.05 Å². The molecular formula is C10H15N7O3. The van der Waals surface area contributed by atoms with Gasteiger partial charge in [-0.1, -0.05) is 5.11 Å². The third-order valence-electron chi connectivity index (χ3n) is 3.31. The molecule has 20 heavy (non-hydrogen) atoms. The van der Waals surface area contributed by atoms with Crippen LogP contribution in [0.15, 0.2) is 11.3 Å². The Balaban J connectivity index is 2.27. The molecule has 0 spiro atoms. The van der Waals surface area contributed by atoms with Gasteiger partial charge in [0, 0.05) is 31.1 Å². The van der Waals surface area contributed by atoms with Crippen molar-refractivity contribution in [1.82, 2.24) is 9.78 Å². The fraction of sp³-hybridized carbons (Fsp3) is 0.700. The molecule has 1 aromatic rings. The van der Waals surface area contributed by atoms with E-state index in [0.29, 0.717) is 25.2 Å². The monoisotopic (exact) mass is 281 g/mol. The van der Waals surface area contributed by atoms with Crippen molar-refractivity contribution < 1.29 is 10.0 Å². The van der Waals surface area contributed by atoms with Crippen LogP contribution < -0.4 is 4.90 Å². The van der Waals surface area contributed by atoms with Crippen LogP contribution in [-0.4, -0.2) is 45.0 Å². The molecule has 0 unspecified atom stereocenters. The molecule has 10 heteroatoms. The Morgan fingerprint density at radius 3 is 3.10 bits per heavy atom. The number of aryl methyl sites for hydroxylation is 1. The van der Waals surface area contributed by atoms with Crippen LogP contribution in [0.5, 0.6) is 0 Å². The maximum Gasteiger partial charge on any atom is 0.331 e. The number of azide groups is 1. The first-order valence-electron chi connectivity index (χ1n) is 6.16. The smallest absolute Gasteiger partial charge is 0.331 e. The number of aliphatic hydroxyl groups excluding tert-OH is 1. The molecule has 1 aliphatic rings. The Bertz CT molecular complexity index is 551. The molecule has 10 nitrogen and oxygen atoms in total. The molecule has 1 fully saturated rings. The number of anilines is 1. The van der Waals surface area contributed by atoms with Gasteiger partial charge in [0.25, 0.3) is 0 Å². The zero-order valence-corrected chi connectivity index (χ0v) is 11.0.